The first-order valence-corrected chi connectivity index (χ1v) is 8.39. The molecule has 0 atom stereocenters. The normalized spacial score (nSPS) is 13.4. The molecule has 0 bridgehead atoms. The van der Waals surface area contributed by atoms with Crippen molar-refractivity contribution in [3.05, 3.63) is 65.2 Å². The second-order valence-electron chi connectivity index (χ2n) is 5.92. The molecular formula is C21H24O. The number of unbranched alkanes of at least 4 members (excludes halogenated alkanes) is 2. The number of benzene rings is 2. The van der Waals surface area contributed by atoms with Crippen LogP contribution in [-0.2, 0) is 6.42 Å². The Morgan fingerprint density at radius 2 is 1.77 bits per heavy atom. The van der Waals surface area contributed by atoms with Gasteiger partial charge in [-0.2, -0.15) is 0 Å². The van der Waals surface area contributed by atoms with E-state index in [9.17, 15) is 0 Å². The first-order valence-electron chi connectivity index (χ1n) is 8.39. The van der Waals surface area contributed by atoms with E-state index in [2.05, 4.69) is 61.5 Å². The van der Waals surface area contributed by atoms with Crippen molar-refractivity contribution in [1.29, 1.82) is 0 Å². The zero-order valence-electron chi connectivity index (χ0n) is 13.3. The highest BCUT2D eigenvalue weighted by Crippen LogP contribution is 2.35. The van der Waals surface area contributed by atoms with Gasteiger partial charge < -0.3 is 4.74 Å². The molecule has 0 fully saturated rings. The molecule has 0 aliphatic heterocycles. The fourth-order valence-electron chi connectivity index (χ4n) is 3.05. The maximum absolute atomic E-state index is 6.02. The fourth-order valence-corrected chi connectivity index (χ4v) is 3.05. The van der Waals surface area contributed by atoms with E-state index >= 15 is 0 Å². The Hall–Kier alpha value is -2.02. The molecule has 3 rings (SSSR count). The van der Waals surface area contributed by atoms with Crippen LogP contribution in [0.4, 0.5) is 0 Å². The summed E-state index contributed by atoms with van der Waals surface area (Å²) in [6.45, 7) is 3.06. The lowest BCUT2D eigenvalue weighted by Gasteiger charge is -2.20. The molecule has 1 heteroatoms. The molecule has 0 radical (unpaired) electrons. The highest BCUT2D eigenvalue weighted by atomic mass is 16.5. The summed E-state index contributed by atoms with van der Waals surface area (Å²) in [5.41, 5.74) is 5.45. The van der Waals surface area contributed by atoms with Gasteiger partial charge >= 0.3 is 0 Å². The summed E-state index contributed by atoms with van der Waals surface area (Å²) in [5, 5.41) is 0. The van der Waals surface area contributed by atoms with E-state index in [1.165, 1.54) is 35.1 Å². The van der Waals surface area contributed by atoms with Crippen molar-refractivity contribution in [3.63, 3.8) is 0 Å². The molecule has 1 aliphatic carbocycles. The molecule has 22 heavy (non-hydrogen) atoms. The third kappa shape index (κ3) is 3.41. The Morgan fingerprint density at radius 3 is 2.59 bits per heavy atom. The molecular weight excluding hydrogens is 268 g/mol. The van der Waals surface area contributed by atoms with Crippen LogP contribution in [0.15, 0.2) is 48.5 Å². The molecule has 1 aliphatic rings. The standard InChI is InChI=1S/C21H24O/c1-2-3-7-15-22-21-12-8-11-19-16-18(13-14-20(19)21)17-9-5-4-6-10-17/h4-6,8-12,16H,2-3,7,13-15H2,1H3. The van der Waals surface area contributed by atoms with Crippen molar-refractivity contribution >= 4 is 11.6 Å². The smallest absolute Gasteiger partial charge is 0.123 e. The second kappa shape index (κ2) is 7.31. The number of hydrogen-bond donors (Lipinski definition) is 0. The minimum absolute atomic E-state index is 0.833. The van der Waals surface area contributed by atoms with Gasteiger partial charge in [0.15, 0.2) is 0 Å². The molecule has 0 spiro atoms. The van der Waals surface area contributed by atoms with E-state index in [0.717, 1.165) is 31.6 Å². The summed E-state index contributed by atoms with van der Waals surface area (Å²) in [6.07, 6.45) is 8.11. The average Bonchev–Trinajstić information content (AvgIpc) is 2.59. The molecule has 0 amide bonds. The zero-order chi connectivity index (χ0) is 15.2. The third-order valence-corrected chi connectivity index (χ3v) is 4.29. The zero-order valence-corrected chi connectivity index (χ0v) is 13.3. The molecule has 1 nitrogen and oxygen atoms in total. The number of hydrogen-bond acceptors (Lipinski definition) is 1. The lowest BCUT2D eigenvalue weighted by Crippen LogP contribution is -2.05. The topological polar surface area (TPSA) is 9.23 Å². The van der Waals surface area contributed by atoms with Crippen LogP contribution in [-0.4, -0.2) is 6.61 Å². The maximum Gasteiger partial charge on any atom is 0.123 e. The third-order valence-electron chi connectivity index (χ3n) is 4.29. The lowest BCUT2D eigenvalue weighted by molar-refractivity contribution is 0.303. The first kappa shape index (κ1) is 14.9. The van der Waals surface area contributed by atoms with E-state index in [0.29, 0.717) is 0 Å². The molecule has 0 unspecified atom stereocenters. The molecule has 0 aromatic heterocycles. The van der Waals surface area contributed by atoms with E-state index in [1.54, 1.807) is 0 Å². The van der Waals surface area contributed by atoms with Crippen LogP contribution < -0.4 is 4.74 Å². The van der Waals surface area contributed by atoms with Gasteiger partial charge in [-0.3, -0.25) is 0 Å². The fraction of sp³-hybridized carbons (Fsp3) is 0.333. The average molecular weight is 292 g/mol. The van der Waals surface area contributed by atoms with Crippen LogP contribution in [0.5, 0.6) is 5.75 Å². The Morgan fingerprint density at radius 1 is 0.909 bits per heavy atom. The summed E-state index contributed by atoms with van der Waals surface area (Å²) in [5.74, 6) is 1.08. The molecule has 0 saturated carbocycles. The van der Waals surface area contributed by atoms with Crippen molar-refractivity contribution in [3.8, 4) is 5.75 Å². The molecule has 2 aromatic rings. The SMILES string of the molecule is CCCCCOc1cccc2c1CCC(c1ccccc1)=C2. The Balaban J connectivity index is 1.79. The summed E-state index contributed by atoms with van der Waals surface area (Å²) >= 11 is 0. The predicted molar refractivity (Wildman–Crippen MR) is 94.1 cm³/mol. The highest BCUT2D eigenvalue weighted by molar-refractivity contribution is 5.85. The van der Waals surface area contributed by atoms with Gasteiger partial charge in [-0.25, -0.2) is 0 Å². The van der Waals surface area contributed by atoms with Crippen LogP contribution in [0.1, 0.15) is 49.3 Å². The van der Waals surface area contributed by atoms with Crippen molar-refractivity contribution in [1.82, 2.24) is 0 Å². The minimum atomic E-state index is 0.833. The summed E-state index contributed by atoms with van der Waals surface area (Å²) < 4.78 is 6.02. The van der Waals surface area contributed by atoms with Gasteiger partial charge in [0, 0.05) is 5.56 Å². The predicted octanol–water partition coefficient (Wildman–Crippen LogP) is 5.74. The minimum Gasteiger partial charge on any atom is -0.493 e. The lowest BCUT2D eigenvalue weighted by atomic mass is 9.88. The van der Waals surface area contributed by atoms with Gasteiger partial charge in [-0.1, -0.05) is 68.3 Å². The monoisotopic (exact) mass is 292 g/mol. The van der Waals surface area contributed by atoms with Crippen LogP contribution in [0.25, 0.3) is 11.6 Å². The Labute approximate surface area is 133 Å². The van der Waals surface area contributed by atoms with E-state index < -0.39 is 0 Å². The quantitative estimate of drug-likeness (QED) is 0.617. The van der Waals surface area contributed by atoms with Gasteiger partial charge in [0.25, 0.3) is 0 Å². The van der Waals surface area contributed by atoms with Crippen LogP contribution in [0, 0.1) is 0 Å². The molecule has 0 N–H and O–H groups in total. The van der Waals surface area contributed by atoms with Crippen LogP contribution in [0.2, 0.25) is 0 Å². The number of rotatable bonds is 6. The van der Waals surface area contributed by atoms with Crippen LogP contribution >= 0.6 is 0 Å². The van der Waals surface area contributed by atoms with Gasteiger partial charge in [0.05, 0.1) is 6.61 Å². The van der Waals surface area contributed by atoms with Gasteiger partial charge in [-0.15, -0.1) is 0 Å². The van der Waals surface area contributed by atoms with E-state index in [4.69, 9.17) is 4.74 Å². The highest BCUT2D eigenvalue weighted by Gasteiger charge is 2.15. The Kier molecular flexibility index (Phi) is 4.95. The summed E-state index contributed by atoms with van der Waals surface area (Å²) in [7, 11) is 0. The van der Waals surface area contributed by atoms with Gasteiger partial charge in [0.1, 0.15) is 5.75 Å². The van der Waals surface area contributed by atoms with Gasteiger partial charge in [0.2, 0.25) is 0 Å². The summed E-state index contributed by atoms with van der Waals surface area (Å²) in [4.78, 5) is 0. The van der Waals surface area contributed by atoms with Crippen LogP contribution in [0.3, 0.4) is 0 Å². The first-order chi connectivity index (χ1) is 10.9. The summed E-state index contributed by atoms with van der Waals surface area (Å²) in [6, 6.07) is 17.1. The molecule has 2 aromatic carbocycles. The number of ether oxygens (including phenoxy) is 1. The maximum atomic E-state index is 6.02. The van der Waals surface area contributed by atoms with Crippen molar-refractivity contribution < 1.29 is 4.74 Å². The number of allylic oxidation sites excluding steroid dienone is 1. The van der Waals surface area contributed by atoms with E-state index in [1.807, 2.05) is 0 Å². The largest absolute Gasteiger partial charge is 0.493 e. The van der Waals surface area contributed by atoms with Crippen molar-refractivity contribution in [2.45, 2.75) is 39.0 Å². The molecule has 0 saturated heterocycles. The van der Waals surface area contributed by atoms with Crippen molar-refractivity contribution in [2.24, 2.45) is 0 Å². The van der Waals surface area contributed by atoms with Gasteiger partial charge in [-0.05, 0) is 42.0 Å². The molecule has 0 heterocycles. The molecule has 114 valence electrons. The second-order valence-corrected chi connectivity index (χ2v) is 5.92. The Bertz CT molecular complexity index is 640. The van der Waals surface area contributed by atoms with Crippen molar-refractivity contribution in [2.75, 3.05) is 6.61 Å². The van der Waals surface area contributed by atoms with E-state index in [-0.39, 0.29) is 0 Å². The number of fused-ring (bicyclic) bond motifs is 1.